The number of hydrogen-bond acceptors (Lipinski definition) is 3. The third kappa shape index (κ3) is 4.65. The average molecular weight is 278 g/mol. The topological polar surface area (TPSA) is 51.4 Å². The molecule has 2 rings (SSSR count). The first-order chi connectivity index (χ1) is 9.79. The van der Waals surface area contributed by atoms with Gasteiger partial charge in [0.1, 0.15) is 5.69 Å². The normalized spacial score (nSPS) is 17.2. The first-order valence-electron chi connectivity index (χ1n) is 7.66. The van der Waals surface area contributed by atoms with E-state index >= 15 is 0 Å². The molecular formula is C15H26N4O. The van der Waals surface area contributed by atoms with Crippen LogP contribution < -0.4 is 5.32 Å². The van der Waals surface area contributed by atoms with Crippen molar-refractivity contribution in [1.82, 2.24) is 20.1 Å². The second-order valence-electron chi connectivity index (χ2n) is 5.32. The Morgan fingerprint density at radius 2 is 2.00 bits per heavy atom. The van der Waals surface area contributed by atoms with E-state index in [9.17, 15) is 4.79 Å². The molecule has 0 aromatic carbocycles. The van der Waals surface area contributed by atoms with Crippen LogP contribution in [0.4, 0.5) is 0 Å². The van der Waals surface area contributed by atoms with E-state index in [1.54, 1.807) is 12.3 Å². The quantitative estimate of drug-likeness (QED) is 0.736. The van der Waals surface area contributed by atoms with E-state index < -0.39 is 0 Å². The van der Waals surface area contributed by atoms with Gasteiger partial charge in [-0.2, -0.15) is 0 Å². The van der Waals surface area contributed by atoms with Crippen LogP contribution in [0.3, 0.4) is 0 Å². The molecular weight excluding hydrogens is 252 g/mol. The minimum atomic E-state index is -0.00781. The fraction of sp³-hybridized carbons (Fsp3) is 0.667. The summed E-state index contributed by atoms with van der Waals surface area (Å²) in [7, 11) is 0. The van der Waals surface area contributed by atoms with Crippen molar-refractivity contribution in [2.75, 3.05) is 45.8 Å². The average Bonchev–Trinajstić information content (AvgIpc) is 3.01. The third-order valence-corrected chi connectivity index (χ3v) is 3.94. The first-order valence-corrected chi connectivity index (χ1v) is 7.66. The summed E-state index contributed by atoms with van der Waals surface area (Å²) in [5.41, 5.74) is 0.640. The Labute approximate surface area is 121 Å². The van der Waals surface area contributed by atoms with E-state index in [0.717, 1.165) is 25.9 Å². The van der Waals surface area contributed by atoms with Crippen molar-refractivity contribution < 1.29 is 4.79 Å². The molecule has 20 heavy (non-hydrogen) atoms. The molecule has 0 unspecified atom stereocenters. The van der Waals surface area contributed by atoms with Crippen LogP contribution in [0, 0.1) is 0 Å². The summed E-state index contributed by atoms with van der Waals surface area (Å²) in [5.74, 6) is -0.00781. The summed E-state index contributed by atoms with van der Waals surface area (Å²) >= 11 is 0. The molecule has 2 N–H and O–H groups in total. The minimum absolute atomic E-state index is 0.00781. The number of carbonyl (C=O) groups excluding carboxylic acids is 1. The van der Waals surface area contributed by atoms with Gasteiger partial charge in [0.2, 0.25) is 0 Å². The van der Waals surface area contributed by atoms with E-state index in [0.29, 0.717) is 5.69 Å². The molecule has 1 aliphatic rings. The molecule has 0 atom stereocenters. The number of amides is 1. The maximum absolute atomic E-state index is 11.7. The highest BCUT2D eigenvalue weighted by Crippen LogP contribution is 2.03. The van der Waals surface area contributed by atoms with Crippen LogP contribution in [0.5, 0.6) is 0 Å². The monoisotopic (exact) mass is 278 g/mol. The van der Waals surface area contributed by atoms with E-state index in [1.807, 2.05) is 6.07 Å². The number of hydrogen-bond donors (Lipinski definition) is 2. The Hall–Kier alpha value is -1.33. The molecule has 5 heteroatoms. The molecule has 1 aliphatic heterocycles. The summed E-state index contributed by atoms with van der Waals surface area (Å²) in [6.07, 6.45) is 3.96. The van der Waals surface area contributed by atoms with Gasteiger partial charge in [-0.3, -0.25) is 4.79 Å². The Kier molecular flexibility index (Phi) is 6.08. The van der Waals surface area contributed by atoms with Gasteiger partial charge < -0.3 is 20.1 Å². The van der Waals surface area contributed by atoms with Crippen LogP contribution in [-0.4, -0.2) is 66.5 Å². The van der Waals surface area contributed by atoms with Gasteiger partial charge in [-0.15, -0.1) is 0 Å². The van der Waals surface area contributed by atoms with Gasteiger partial charge >= 0.3 is 0 Å². The molecule has 1 aromatic heterocycles. The summed E-state index contributed by atoms with van der Waals surface area (Å²) in [4.78, 5) is 19.6. The maximum Gasteiger partial charge on any atom is 0.267 e. The number of nitrogens with zero attached hydrogens (tertiary/aromatic N) is 2. The number of carbonyl (C=O) groups is 1. The zero-order valence-corrected chi connectivity index (χ0v) is 12.4. The predicted octanol–water partition coefficient (Wildman–Crippen LogP) is 1.16. The highest BCUT2D eigenvalue weighted by molar-refractivity contribution is 5.92. The molecule has 1 saturated heterocycles. The first kappa shape index (κ1) is 15.1. The third-order valence-electron chi connectivity index (χ3n) is 3.94. The lowest BCUT2D eigenvalue weighted by molar-refractivity contribution is 0.0947. The van der Waals surface area contributed by atoms with Crippen LogP contribution in [-0.2, 0) is 0 Å². The van der Waals surface area contributed by atoms with Gasteiger partial charge in [-0.25, -0.2) is 0 Å². The predicted molar refractivity (Wildman–Crippen MR) is 80.9 cm³/mol. The number of H-pyrrole nitrogens is 1. The number of aromatic amines is 1. The van der Waals surface area contributed by atoms with Crippen molar-refractivity contribution in [3.8, 4) is 0 Å². The molecule has 1 amide bonds. The molecule has 0 saturated carbocycles. The summed E-state index contributed by atoms with van der Waals surface area (Å²) in [5, 5.41) is 2.94. The smallest absolute Gasteiger partial charge is 0.267 e. The van der Waals surface area contributed by atoms with Gasteiger partial charge in [0.15, 0.2) is 0 Å². The summed E-state index contributed by atoms with van der Waals surface area (Å²) in [6, 6.07) is 3.63. The molecule has 0 bridgehead atoms. The van der Waals surface area contributed by atoms with Crippen LogP contribution in [0.1, 0.15) is 30.3 Å². The Morgan fingerprint density at radius 3 is 2.65 bits per heavy atom. The van der Waals surface area contributed by atoms with Crippen molar-refractivity contribution in [1.29, 1.82) is 0 Å². The maximum atomic E-state index is 11.7. The van der Waals surface area contributed by atoms with Crippen LogP contribution in [0.25, 0.3) is 0 Å². The molecule has 5 nitrogen and oxygen atoms in total. The van der Waals surface area contributed by atoms with Crippen molar-refractivity contribution in [2.45, 2.75) is 19.8 Å². The number of unbranched alkanes of at least 4 members (excludes halogenated alkanes) is 1. The summed E-state index contributed by atoms with van der Waals surface area (Å²) in [6.45, 7) is 10.1. The molecule has 0 aliphatic carbocycles. The largest absolute Gasteiger partial charge is 0.357 e. The second kappa shape index (κ2) is 8.07. The molecule has 0 spiro atoms. The van der Waals surface area contributed by atoms with Gasteiger partial charge in [0, 0.05) is 38.9 Å². The molecule has 1 aromatic rings. The molecule has 112 valence electrons. The zero-order valence-electron chi connectivity index (χ0n) is 12.4. The SMILES string of the molecule is CCN1CCN(CCCCNC(=O)c2ccc[nH]2)CC1. The van der Waals surface area contributed by atoms with E-state index in [1.165, 1.54) is 32.7 Å². The van der Waals surface area contributed by atoms with Gasteiger partial charge in [-0.1, -0.05) is 6.92 Å². The Bertz CT molecular complexity index is 383. The Morgan fingerprint density at radius 1 is 1.25 bits per heavy atom. The summed E-state index contributed by atoms with van der Waals surface area (Å²) < 4.78 is 0. The lowest BCUT2D eigenvalue weighted by Gasteiger charge is -2.33. The van der Waals surface area contributed by atoms with Crippen LogP contribution in [0.15, 0.2) is 18.3 Å². The van der Waals surface area contributed by atoms with E-state index in [-0.39, 0.29) is 5.91 Å². The number of likely N-dealkylation sites (N-methyl/N-ethyl adjacent to an activating group) is 1. The fourth-order valence-corrected chi connectivity index (χ4v) is 2.56. The minimum Gasteiger partial charge on any atom is -0.357 e. The van der Waals surface area contributed by atoms with Gasteiger partial charge in [0.25, 0.3) is 5.91 Å². The Balaban J connectivity index is 1.51. The van der Waals surface area contributed by atoms with Crippen molar-refractivity contribution in [3.63, 3.8) is 0 Å². The standard InChI is InChI=1S/C15H26N4O/c1-2-18-10-12-19(13-11-18)9-4-3-7-17-15(20)14-6-5-8-16-14/h5-6,8,16H,2-4,7,9-13H2,1H3,(H,17,20). The van der Waals surface area contributed by atoms with Crippen LogP contribution >= 0.6 is 0 Å². The fourth-order valence-electron chi connectivity index (χ4n) is 2.56. The molecule has 1 fully saturated rings. The number of piperazine rings is 1. The molecule has 2 heterocycles. The number of nitrogens with one attached hydrogen (secondary N) is 2. The number of rotatable bonds is 7. The van der Waals surface area contributed by atoms with Gasteiger partial charge in [-0.05, 0) is 38.1 Å². The van der Waals surface area contributed by atoms with Crippen molar-refractivity contribution >= 4 is 5.91 Å². The lowest BCUT2D eigenvalue weighted by atomic mass is 10.2. The molecule has 0 radical (unpaired) electrons. The lowest BCUT2D eigenvalue weighted by Crippen LogP contribution is -2.46. The van der Waals surface area contributed by atoms with E-state index in [2.05, 4.69) is 27.0 Å². The van der Waals surface area contributed by atoms with Gasteiger partial charge in [0.05, 0.1) is 0 Å². The number of aromatic nitrogens is 1. The second-order valence-corrected chi connectivity index (χ2v) is 5.32. The highest BCUT2D eigenvalue weighted by atomic mass is 16.1. The van der Waals surface area contributed by atoms with E-state index in [4.69, 9.17) is 0 Å². The van der Waals surface area contributed by atoms with Crippen molar-refractivity contribution in [2.24, 2.45) is 0 Å². The highest BCUT2D eigenvalue weighted by Gasteiger charge is 2.14. The van der Waals surface area contributed by atoms with Crippen molar-refractivity contribution in [3.05, 3.63) is 24.0 Å². The van der Waals surface area contributed by atoms with Crippen LogP contribution in [0.2, 0.25) is 0 Å². The zero-order chi connectivity index (χ0) is 14.2.